The molecule has 4 heteroatoms. The summed E-state index contributed by atoms with van der Waals surface area (Å²) in [6, 6.07) is 2.26. The van der Waals surface area contributed by atoms with E-state index in [1.165, 1.54) is 0 Å². The quantitative estimate of drug-likeness (QED) is 0.768. The Hall–Kier alpha value is -1.29. The molecular formula is C13H21NO3. The second kappa shape index (κ2) is 6.45. The standard InChI is InChI=1S/C13H21NO3/c1-4-6-10(5-2)14-8-11-7-9(3)12(17-11)13(15)16/h7,10,14H,4-6,8H2,1-3H3,(H,15,16). The molecule has 17 heavy (non-hydrogen) atoms. The number of carboxylic acid groups (broad SMARTS) is 1. The highest BCUT2D eigenvalue weighted by Crippen LogP contribution is 2.15. The Balaban J connectivity index is 2.57. The van der Waals surface area contributed by atoms with Gasteiger partial charge in [-0.15, -0.1) is 0 Å². The molecule has 0 bridgehead atoms. The van der Waals surface area contributed by atoms with E-state index in [4.69, 9.17) is 9.52 Å². The molecule has 0 aliphatic heterocycles. The Bertz CT molecular complexity index is 371. The molecule has 1 aromatic heterocycles. The molecule has 1 rings (SSSR count). The first kappa shape index (κ1) is 13.8. The van der Waals surface area contributed by atoms with Gasteiger partial charge in [-0.25, -0.2) is 4.79 Å². The molecule has 1 atom stereocenters. The first-order valence-corrected chi connectivity index (χ1v) is 6.14. The predicted octanol–water partition coefficient (Wildman–Crippen LogP) is 2.95. The molecule has 2 N–H and O–H groups in total. The molecule has 1 heterocycles. The van der Waals surface area contributed by atoms with Crippen molar-refractivity contribution in [3.05, 3.63) is 23.2 Å². The van der Waals surface area contributed by atoms with Gasteiger partial charge in [-0.1, -0.05) is 20.3 Å². The highest BCUT2D eigenvalue weighted by molar-refractivity contribution is 5.86. The lowest BCUT2D eigenvalue weighted by Gasteiger charge is -2.14. The summed E-state index contributed by atoms with van der Waals surface area (Å²) in [5, 5.41) is 12.3. The lowest BCUT2D eigenvalue weighted by Crippen LogP contribution is -2.27. The minimum Gasteiger partial charge on any atom is -0.475 e. The van der Waals surface area contributed by atoms with Gasteiger partial charge in [0.1, 0.15) is 5.76 Å². The summed E-state index contributed by atoms with van der Waals surface area (Å²) < 4.78 is 5.29. The molecule has 0 fully saturated rings. The van der Waals surface area contributed by atoms with E-state index in [9.17, 15) is 4.79 Å². The third-order valence-corrected chi connectivity index (χ3v) is 2.86. The van der Waals surface area contributed by atoms with Gasteiger partial charge < -0.3 is 14.8 Å². The topological polar surface area (TPSA) is 62.5 Å². The number of aromatic carboxylic acids is 1. The van der Waals surface area contributed by atoms with Crippen molar-refractivity contribution in [1.29, 1.82) is 0 Å². The van der Waals surface area contributed by atoms with Crippen LogP contribution in [0.4, 0.5) is 0 Å². The zero-order chi connectivity index (χ0) is 12.8. The van der Waals surface area contributed by atoms with Crippen molar-refractivity contribution in [2.45, 2.75) is 52.6 Å². The third kappa shape index (κ3) is 3.89. The van der Waals surface area contributed by atoms with E-state index in [2.05, 4.69) is 19.2 Å². The summed E-state index contributed by atoms with van der Waals surface area (Å²) >= 11 is 0. The molecule has 0 aliphatic carbocycles. The summed E-state index contributed by atoms with van der Waals surface area (Å²) in [5.41, 5.74) is 0.679. The Morgan fingerprint density at radius 2 is 2.24 bits per heavy atom. The van der Waals surface area contributed by atoms with Gasteiger partial charge in [0.15, 0.2) is 0 Å². The second-order valence-electron chi connectivity index (χ2n) is 4.30. The summed E-state index contributed by atoms with van der Waals surface area (Å²) in [4.78, 5) is 10.8. The van der Waals surface area contributed by atoms with Crippen LogP contribution in [-0.4, -0.2) is 17.1 Å². The van der Waals surface area contributed by atoms with Crippen molar-refractivity contribution in [2.75, 3.05) is 0 Å². The Kier molecular flexibility index (Phi) is 5.22. The van der Waals surface area contributed by atoms with Gasteiger partial charge in [-0.3, -0.25) is 0 Å². The third-order valence-electron chi connectivity index (χ3n) is 2.86. The van der Waals surface area contributed by atoms with Crippen LogP contribution in [0, 0.1) is 6.92 Å². The smallest absolute Gasteiger partial charge is 0.372 e. The van der Waals surface area contributed by atoms with Gasteiger partial charge in [0.2, 0.25) is 5.76 Å². The first-order valence-electron chi connectivity index (χ1n) is 6.14. The lowest BCUT2D eigenvalue weighted by molar-refractivity contribution is 0.0659. The molecular weight excluding hydrogens is 218 g/mol. The van der Waals surface area contributed by atoms with Gasteiger partial charge in [0.25, 0.3) is 0 Å². The molecule has 1 aromatic rings. The SMILES string of the molecule is CCCC(CC)NCc1cc(C)c(C(=O)O)o1. The van der Waals surface area contributed by atoms with Crippen LogP contribution in [-0.2, 0) is 6.54 Å². The average Bonchev–Trinajstić information content (AvgIpc) is 2.66. The van der Waals surface area contributed by atoms with E-state index < -0.39 is 5.97 Å². The van der Waals surface area contributed by atoms with Crippen LogP contribution in [0.5, 0.6) is 0 Å². The number of carboxylic acids is 1. The summed E-state index contributed by atoms with van der Waals surface area (Å²) in [5.74, 6) is -0.269. The molecule has 0 spiro atoms. The predicted molar refractivity (Wildman–Crippen MR) is 66.2 cm³/mol. The zero-order valence-corrected chi connectivity index (χ0v) is 10.7. The fourth-order valence-electron chi connectivity index (χ4n) is 1.89. The molecule has 0 saturated heterocycles. The number of carbonyl (C=O) groups is 1. The maximum atomic E-state index is 10.8. The number of rotatable bonds is 7. The Morgan fingerprint density at radius 1 is 1.53 bits per heavy atom. The van der Waals surface area contributed by atoms with Crippen molar-refractivity contribution in [2.24, 2.45) is 0 Å². The van der Waals surface area contributed by atoms with E-state index in [1.807, 2.05) is 0 Å². The van der Waals surface area contributed by atoms with Gasteiger partial charge in [-0.05, 0) is 25.8 Å². The second-order valence-corrected chi connectivity index (χ2v) is 4.30. The highest BCUT2D eigenvalue weighted by atomic mass is 16.4. The number of hydrogen-bond acceptors (Lipinski definition) is 3. The van der Waals surface area contributed by atoms with Gasteiger partial charge in [0.05, 0.1) is 6.54 Å². The van der Waals surface area contributed by atoms with E-state index in [1.54, 1.807) is 13.0 Å². The Labute approximate surface area is 102 Å². The monoisotopic (exact) mass is 239 g/mol. The summed E-state index contributed by atoms with van der Waals surface area (Å²) in [6.45, 7) is 6.64. The molecule has 0 radical (unpaired) electrons. The van der Waals surface area contributed by atoms with E-state index in [-0.39, 0.29) is 5.76 Å². The minimum atomic E-state index is -1.01. The zero-order valence-electron chi connectivity index (χ0n) is 10.7. The van der Waals surface area contributed by atoms with E-state index in [0.717, 1.165) is 19.3 Å². The van der Waals surface area contributed by atoms with Crippen LogP contribution in [0.15, 0.2) is 10.5 Å². The van der Waals surface area contributed by atoms with Gasteiger partial charge in [0, 0.05) is 11.6 Å². The normalized spacial score (nSPS) is 12.6. The van der Waals surface area contributed by atoms with Crippen molar-refractivity contribution in [1.82, 2.24) is 5.32 Å². The van der Waals surface area contributed by atoms with Crippen LogP contribution in [0.25, 0.3) is 0 Å². The number of furan rings is 1. The summed E-state index contributed by atoms with van der Waals surface area (Å²) in [7, 11) is 0. The maximum absolute atomic E-state index is 10.8. The molecule has 1 unspecified atom stereocenters. The number of hydrogen-bond donors (Lipinski definition) is 2. The Morgan fingerprint density at radius 3 is 2.71 bits per heavy atom. The van der Waals surface area contributed by atoms with Gasteiger partial charge >= 0.3 is 5.97 Å². The fourth-order valence-corrected chi connectivity index (χ4v) is 1.89. The van der Waals surface area contributed by atoms with Crippen LogP contribution in [0.3, 0.4) is 0 Å². The molecule has 96 valence electrons. The lowest BCUT2D eigenvalue weighted by atomic mass is 10.1. The van der Waals surface area contributed by atoms with E-state index in [0.29, 0.717) is 23.9 Å². The van der Waals surface area contributed by atoms with Crippen LogP contribution in [0.1, 0.15) is 55.0 Å². The maximum Gasteiger partial charge on any atom is 0.372 e. The van der Waals surface area contributed by atoms with Crippen molar-refractivity contribution in [3.63, 3.8) is 0 Å². The van der Waals surface area contributed by atoms with Crippen molar-refractivity contribution < 1.29 is 14.3 Å². The van der Waals surface area contributed by atoms with Gasteiger partial charge in [-0.2, -0.15) is 0 Å². The molecule has 0 aromatic carbocycles. The molecule has 4 nitrogen and oxygen atoms in total. The number of aryl methyl sites for hydroxylation is 1. The molecule has 0 saturated carbocycles. The minimum absolute atomic E-state index is 0.0466. The van der Waals surface area contributed by atoms with Crippen molar-refractivity contribution >= 4 is 5.97 Å². The average molecular weight is 239 g/mol. The van der Waals surface area contributed by atoms with Crippen LogP contribution in [0.2, 0.25) is 0 Å². The summed E-state index contributed by atoms with van der Waals surface area (Å²) in [6.07, 6.45) is 3.34. The van der Waals surface area contributed by atoms with Crippen LogP contribution < -0.4 is 5.32 Å². The number of nitrogens with one attached hydrogen (secondary N) is 1. The first-order chi connectivity index (χ1) is 8.08. The van der Waals surface area contributed by atoms with Crippen molar-refractivity contribution in [3.8, 4) is 0 Å². The largest absolute Gasteiger partial charge is 0.475 e. The molecule has 0 aliphatic rings. The van der Waals surface area contributed by atoms with E-state index >= 15 is 0 Å². The fraction of sp³-hybridized carbons (Fsp3) is 0.615. The highest BCUT2D eigenvalue weighted by Gasteiger charge is 2.14. The van der Waals surface area contributed by atoms with Crippen LogP contribution >= 0.6 is 0 Å². The molecule has 0 amide bonds.